The summed E-state index contributed by atoms with van der Waals surface area (Å²) in [6, 6.07) is 0. The predicted molar refractivity (Wildman–Crippen MR) is 38.8 cm³/mol. The minimum atomic E-state index is -0.634. The monoisotopic (exact) mass is 186 g/mol. The molecule has 0 aromatic heterocycles. The van der Waals surface area contributed by atoms with Crippen LogP contribution < -0.4 is 0 Å². The number of halogens is 1. The summed E-state index contributed by atoms with van der Waals surface area (Å²) in [6.07, 6.45) is 0. The molecule has 0 aromatic carbocycles. The second-order valence-corrected chi connectivity index (χ2v) is 3.46. The Hall–Kier alpha value is 0.130. The highest BCUT2D eigenvalue weighted by Crippen LogP contribution is 2.25. The molecule has 0 aliphatic heterocycles. The molecule has 0 saturated carbocycles. The van der Waals surface area contributed by atoms with E-state index in [2.05, 4.69) is 4.74 Å². The molecule has 0 bridgehead atoms. The van der Waals surface area contributed by atoms with E-state index in [-0.39, 0.29) is 0 Å². The van der Waals surface area contributed by atoms with E-state index in [9.17, 15) is 9.59 Å². The van der Waals surface area contributed by atoms with Crippen LogP contribution in [0.1, 0.15) is 0 Å². The summed E-state index contributed by atoms with van der Waals surface area (Å²) < 4.78 is 3.56. The SMILES string of the molecule is COC(=O)SSC(=O)Cl. The van der Waals surface area contributed by atoms with Crippen LogP contribution in [0.15, 0.2) is 0 Å². The summed E-state index contributed by atoms with van der Waals surface area (Å²) in [7, 11) is 2.52. The van der Waals surface area contributed by atoms with Crippen molar-refractivity contribution in [1.82, 2.24) is 0 Å². The Morgan fingerprint density at radius 3 is 2.33 bits per heavy atom. The predicted octanol–water partition coefficient (Wildman–Crippen LogP) is 2.49. The molecule has 0 amide bonds. The first-order chi connectivity index (χ1) is 4.16. The van der Waals surface area contributed by atoms with Gasteiger partial charge in [0.2, 0.25) is 0 Å². The molecule has 0 aromatic rings. The minimum absolute atomic E-state index is 0.533. The van der Waals surface area contributed by atoms with Crippen LogP contribution >= 0.6 is 33.2 Å². The second kappa shape index (κ2) is 4.96. The van der Waals surface area contributed by atoms with Crippen LogP contribution in [0.2, 0.25) is 0 Å². The van der Waals surface area contributed by atoms with E-state index in [0.717, 1.165) is 0 Å². The summed E-state index contributed by atoms with van der Waals surface area (Å²) in [6.45, 7) is 0. The molecule has 0 spiro atoms. The number of hydrogen-bond acceptors (Lipinski definition) is 5. The van der Waals surface area contributed by atoms with Gasteiger partial charge >= 0.3 is 5.30 Å². The van der Waals surface area contributed by atoms with E-state index < -0.39 is 9.88 Å². The third-order valence-electron chi connectivity index (χ3n) is 0.342. The van der Waals surface area contributed by atoms with E-state index in [1.807, 2.05) is 0 Å². The molecule has 0 atom stereocenters. The standard InChI is InChI=1S/C3H3ClO3S2/c1-7-3(6)9-8-2(4)5/h1H3. The van der Waals surface area contributed by atoms with Gasteiger partial charge in [-0.15, -0.1) is 0 Å². The lowest BCUT2D eigenvalue weighted by molar-refractivity contribution is 0.200. The number of carbonyl (C=O) groups is 2. The molecular weight excluding hydrogens is 184 g/mol. The van der Waals surface area contributed by atoms with Crippen LogP contribution in [0, 0.1) is 0 Å². The summed E-state index contributed by atoms with van der Waals surface area (Å²) >= 11 is 4.87. The minimum Gasteiger partial charge on any atom is -0.460 e. The quantitative estimate of drug-likeness (QED) is 0.330. The lowest BCUT2D eigenvalue weighted by atomic mass is 11.5. The van der Waals surface area contributed by atoms with Crippen molar-refractivity contribution in [2.75, 3.05) is 7.11 Å². The fraction of sp³-hybridized carbons (Fsp3) is 0.333. The largest absolute Gasteiger partial charge is 0.460 e. The van der Waals surface area contributed by atoms with E-state index in [0.29, 0.717) is 21.6 Å². The zero-order chi connectivity index (χ0) is 7.28. The molecule has 0 fully saturated rings. The summed E-state index contributed by atoms with van der Waals surface area (Å²) in [5.41, 5.74) is 0. The first-order valence-electron chi connectivity index (χ1n) is 1.78. The van der Waals surface area contributed by atoms with E-state index >= 15 is 0 Å². The highest BCUT2D eigenvalue weighted by Gasteiger charge is 2.04. The molecular formula is C3H3ClO3S2. The first kappa shape index (κ1) is 9.13. The van der Waals surface area contributed by atoms with E-state index in [4.69, 9.17) is 11.6 Å². The van der Waals surface area contributed by atoms with Crippen molar-refractivity contribution < 1.29 is 14.3 Å². The van der Waals surface area contributed by atoms with Gasteiger partial charge in [0.1, 0.15) is 0 Å². The molecule has 0 heterocycles. The number of hydrogen-bond donors (Lipinski definition) is 0. The van der Waals surface area contributed by atoms with Gasteiger partial charge < -0.3 is 4.74 Å². The molecule has 0 N–H and O–H groups in total. The first-order valence-corrected chi connectivity index (χ1v) is 4.31. The molecule has 9 heavy (non-hydrogen) atoms. The van der Waals surface area contributed by atoms with Crippen molar-refractivity contribution >= 4 is 43.1 Å². The molecule has 0 aliphatic carbocycles. The van der Waals surface area contributed by atoms with Gasteiger partial charge in [-0.3, -0.25) is 4.79 Å². The summed E-state index contributed by atoms with van der Waals surface area (Å²) in [4.78, 5) is 20.2. The molecule has 0 rings (SSSR count). The fourth-order valence-corrected chi connectivity index (χ4v) is 1.19. The summed E-state index contributed by atoms with van der Waals surface area (Å²) in [5, 5.41) is -0.533. The Morgan fingerprint density at radius 2 is 2.00 bits per heavy atom. The van der Waals surface area contributed by atoms with Crippen molar-refractivity contribution in [2.24, 2.45) is 0 Å². The van der Waals surface area contributed by atoms with Gasteiger partial charge in [0.05, 0.1) is 7.11 Å². The van der Waals surface area contributed by atoms with Crippen LogP contribution in [0.5, 0.6) is 0 Å². The lowest BCUT2D eigenvalue weighted by Crippen LogP contribution is -1.87. The maximum Gasteiger partial charge on any atom is 0.378 e. The lowest BCUT2D eigenvalue weighted by Gasteiger charge is -1.90. The Kier molecular flexibility index (Phi) is 5.03. The van der Waals surface area contributed by atoms with Crippen LogP contribution in [-0.2, 0) is 4.74 Å². The maximum absolute atomic E-state index is 10.2. The fourth-order valence-electron chi connectivity index (χ4n) is 0.101. The van der Waals surface area contributed by atoms with Gasteiger partial charge in [-0.2, -0.15) is 0 Å². The van der Waals surface area contributed by atoms with Crippen LogP contribution in [0.25, 0.3) is 0 Å². The molecule has 52 valence electrons. The molecule has 6 heteroatoms. The van der Waals surface area contributed by atoms with Crippen molar-refractivity contribution in [3.63, 3.8) is 0 Å². The number of ether oxygens (including phenoxy) is 1. The molecule has 0 saturated heterocycles. The Labute approximate surface area is 64.9 Å². The third-order valence-corrected chi connectivity index (χ3v) is 2.48. The van der Waals surface area contributed by atoms with Crippen molar-refractivity contribution in [3.8, 4) is 0 Å². The highest BCUT2D eigenvalue weighted by molar-refractivity contribution is 8.87. The number of carbonyl (C=O) groups excluding carboxylic acids is 2. The topological polar surface area (TPSA) is 43.4 Å². The zero-order valence-corrected chi connectivity index (χ0v) is 6.81. The van der Waals surface area contributed by atoms with Gasteiger partial charge in [0.25, 0.3) is 4.57 Å². The molecule has 0 unspecified atom stereocenters. The third kappa shape index (κ3) is 6.01. The van der Waals surface area contributed by atoms with Crippen molar-refractivity contribution in [2.45, 2.75) is 0 Å². The van der Waals surface area contributed by atoms with Gasteiger partial charge in [-0.05, 0) is 11.6 Å². The van der Waals surface area contributed by atoms with Gasteiger partial charge in [-0.25, -0.2) is 4.79 Å². The Morgan fingerprint density at radius 1 is 1.44 bits per heavy atom. The number of rotatable bonds is 0. The molecule has 0 aliphatic rings. The normalized spacial score (nSPS) is 8.67. The van der Waals surface area contributed by atoms with E-state index in [1.165, 1.54) is 7.11 Å². The van der Waals surface area contributed by atoms with Crippen molar-refractivity contribution in [1.29, 1.82) is 0 Å². The maximum atomic E-state index is 10.2. The van der Waals surface area contributed by atoms with Crippen LogP contribution in [0.3, 0.4) is 0 Å². The average molecular weight is 187 g/mol. The van der Waals surface area contributed by atoms with Gasteiger partial charge in [0.15, 0.2) is 0 Å². The zero-order valence-electron chi connectivity index (χ0n) is 4.42. The van der Waals surface area contributed by atoms with Gasteiger partial charge in [-0.1, -0.05) is 0 Å². The van der Waals surface area contributed by atoms with E-state index in [1.54, 1.807) is 0 Å². The summed E-state index contributed by atoms with van der Waals surface area (Å²) in [5.74, 6) is 0. The molecule has 3 nitrogen and oxygen atoms in total. The smallest absolute Gasteiger partial charge is 0.378 e. The van der Waals surface area contributed by atoms with Crippen LogP contribution in [-0.4, -0.2) is 17.0 Å². The Bertz CT molecular complexity index is 126. The average Bonchev–Trinajstić information content (AvgIpc) is 1.83. The van der Waals surface area contributed by atoms with Crippen LogP contribution in [0.4, 0.5) is 9.59 Å². The molecule has 0 radical (unpaired) electrons. The Balaban J connectivity index is 3.28. The second-order valence-electron chi connectivity index (χ2n) is 0.858. The number of methoxy groups -OCH3 is 1. The van der Waals surface area contributed by atoms with Gasteiger partial charge in [0, 0.05) is 21.6 Å². The van der Waals surface area contributed by atoms with Crippen molar-refractivity contribution in [3.05, 3.63) is 0 Å². The highest BCUT2D eigenvalue weighted by atomic mass is 35.5.